The summed E-state index contributed by atoms with van der Waals surface area (Å²) in [4.78, 5) is 0. The highest BCUT2D eigenvalue weighted by Crippen LogP contribution is 2.23. The number of allylic oxidation sites excluding steroid dienone is 3. The molecule has 1 N–H and O–H groups in total. The minimum atomic E-state index is -4.62. The molecule has 0 fully saturated rings. The van der Waals surface area contributed by atoms with E-state index in [0.29, 0.717) is 13.0 Å². The van der Waals surface area contributed by atoms with E-state index < -0.39 is 6.36 Å². The molecular formula is C10H12F3NO. The van der Waals surface area contributed by atoms with Crippen LogP contribution in [0.2, 0.25) is 0 Å². The van der Waals surface area contributed by atoms with Gasteiger partial charge in [0.1, 0.15) is 5.76 Å². The molecule has 1 rings (SSSR count). The van der Waals surface area contributed by atoms with Gasteiger partial charge in [0.05, 0.1) is 0 Å². The maximum atomic E-state index is 11.9. The second-order valence-electron chi connectivity index (χ2n) is 3.03. The van der Waals surface area contributed by atoms with Gasteiger partial charge in [0, 0.05) is 6.54 Å². The number of ether oxygens (including phenoxy) is 1. The van der Waals surface area contributed by atoms with Crippen molar-refractivity contribution in [2.24, 2.45) is 0 Å². The maximum Gasteiger partial charge on any atom is 0.573 e. The van der Waals surface area contributed by atoms with Gasteiger partial charge in [0.25, 0.3) is 0 Å². The van der Waals surface area contributed by atoms with Gasteiger partial charge in [-0.3, -0.25) is 0 Å². The molecule has 1 aliphatic carbocycles. The third-order valence-corrected chi connectivity index (χ3v) is 1.78. The average molecular weight is 219 g/mol. The standard InChI is InChI=1S/C10H12F3NO/c1-14-7-8-3-2-4-9(6-5-8)15-10(11,12)13/h3-6,14H,2,7H2,1H3. The van der Waals surface area contributed by atoms with E-state index in [-0.39, 0.29) is 5.76 Å². The quantitative estimate of drug-likeness (QED) is 0.787. The van der Waals surface area contributed by atoms with Gasteiger partial charge in [-0.05, 0) is 31.2 Å². The first-order chi connectivity index (χ1) is 7.01. The Balaban J connectivity index is 2.59. The Kier molecular flexibility index (Phi) is 3.96. The van der Waals surface area contributed by atoms with Gasteiger partial charge in [-0.1, -0.05) is 12.2 Å². The van der Waals surface area contributed by atoms with Crippen molar-refractivity contribution >= 4 is 0 Å². The number of likely N-dealkylation sites (N-methyl/N-ethyl adjacent to an activating group) is 1. The largest absolute Gasteiger partial charge is 0.573 e. The number of halogens is 3. The molecule has 2 nitrogen and oxygen atoms in total. The van der Waals surface area contributed by atoms with Gasteiger partial charge >= 0.3 is 6.36 Å². The normalized spacial score (nSPS) is 16.8. The smallest absolute Gasteiger partial charge is 0.406 e. The first-order valence-electron chi connectivity index (χ1n) is 4.49. The first kappa shape index (κ1) is 11.8. The molecule has 0 spiro atoms. The number of hydrogen-bond donors (Lipinski definition) is 1. The molecule has 5 heteroatoms. The molecule has 0 saturated carbocycles. The molecule has 0 saturated heterocycles. The maximum absolute atomic E-state index is 11.9. The van der Waals surface area contributed by atoms with Crippen LogP contribution in [0.15, 0.2) is 35.6 Å². The van der Waals surface area contributed by atoms with E-state index in [9.17, 15) is 13.2 Å². The van der Waals surface area contributed by atoms with E-state index in [4.69, 9.17) is 0 Å². The summed E-state index contributed by atoms with van der Waals surface area (Å²) in [5.41, 5.74) is 0.939. The lowest BCUT2D eigenvalue weighted by molar-refractivity contribution is -0.303. The predicted molar refractivity (Wildman–Crippen MR) is 51.0 cm³/mol. The molecule has 84 valence electrons. The second kappa shape index (κ2) is 5.02. The molecule has 0 radical (unpaired) electrons. The van der Waals surface area contributed by atoms with Crippen LogP contribution in [-0.2, 0) is 4.74 Å². The van der Waals surface area contributed by atoms with Gasteiger partial charge in [-0.15, -0.1) is 13.2 Å². The van der Waals surface area contributed by atoms with Gasteiger partial charge in [-0.25, -0.2) is 0 Å². The molecule has 0 heterocycles. The third kappa shape index (κ3) is 4.69. The Morgan fingerprint density at radius 3 is 2.67 bits per heavy atom. The van der Waals surface area contributed by atoms with Crippen molar-refractivity contribution in [3.8, 4) is 0 Å². The summed E-state index contributed by atoms with van der Waals surface area (Å²) in [6.07, 6.45) is 2.00. The van der Waals surface area contributed by atoms with Crippen molar-refractivity contribution in [1.82, 2.24) is 5.32 Å². The number of hydrogen-bond acceptors (Lipinski definition) is 2. The van der Waals surface area contributed by atoms with Crippen molar-refractivity contribution in [2.75, 3.05) is 13.6 Å². The van der Waals surface area contributed by atoms with E-state index in [0.717, 1.165) is 5.57 Å². The lowest BCUT2D eigenvalue weighted by Crippen LogP contribution is -2.12. The molecule has 0 atom stereocenters. The summed E-state index contributed by atoms with van der Waals surface area (Å²) in [5.74, 6) is -0.162. The third-order valence-electron chi connectivity index (χ3n) is 1.78. The minimum absolute atomic E-state index is 0.162. The molecule has 1 aliphatic rings. The summed E-state index contributed by atoms with van der Waals surface area (Å²) < 4.78 is 39.5. The Bertz CT molecular complexity index is 302. The van der Waals surface area contributed by atoms with Crippen LogP contribution in [-0.4, -0.2) is 20.0 Å². The molecule has 0 aromatic rings. The van der Waals surface area contributed by atoms with Crippen LogP contribution in [0.3, 0.4) is 0 Å². The Morgan fingerprint density at radius 2 is 2.07 bits per heavy atom. The molecular weight excluding hydrogens is 207 g/mol. The number of rotatable bonds is 3. The zero-order chi connectivity index (χ0) is 11.3. The predicted octanol–water partition coefficient (Wildman–Crippen LogP) is 2.51. The fourth-order valence-corrected chi connectivity index (χ4v) is 1.20. The molecule has 15 heavy (non-hydrogen) atoms. The van der Waals surface area contributed by atoms with Crippen LogP contribution < -0.4 is 5.32 Å². The fourth-order valence-electron chi connectivity index (χ4n) is 1.20. The van der Waals surface area contributed by atoms with Crippen molar-refractivity contribution in [3.05, 3.63) is 35.6 Å². The Morgan fingerprint density at radius 1 is 1.33 bits per heavy atom. The lowest BCUT2D eigenvalue weighted by atomic mass is 10.2. The molecule has 0 aliphatic heterocycles. The number of alkyl halides is 3. The Labute approximate surface area is 86.1 Å². The van der Waals surface area contributed by atoms with Gasteiger partial charge in [0.15, 0.2) is 0 Å². The molecule has 0 amide bonds. The van der Waals surface area contributed by atoms with Crippen molar-refractivity contribution in [2.45, 2.75) is 12.8 Å². The van der Waals surface area contributed by atoms with Gasteiger partial charge in [0.2, 0.25) is 0 Å². The van der Waals surface area contributed by atoms with Crippen LogP contribution >= 0.6 is 0 Å². The van der Waals surface area contributed by atoms with E-state index in [1.54, 1.807) is 13.1 Å². The topological polar surface area (TPSA) is 21.3 Å². The van der Waals surface area contributed by atoms with E-state index in [1.165, 1.54) is 12.2 Å². The Hall–Kier alpha value is -1.23. The van der Waals surface area contributed by atoms with Crippen LogP contribution in [0, 0.1) is 0 Å². The monoisotopic (exact) mass is 219 g/mol. The molecule has 0 unspecified atom stereocenters. The van der Waals surface area contributed by atoms with Crippen molar-refractivity contribution in [3.63, 3.8) is 0 Å². The first-order valence-corrected chi connectivity index (χ1v) is 4.49. The molecule has 0 aromatic carbocycles. The van der Waals surface area contributed by atoms with Crippen LogP contribution in [0.4, 0.5) is 13.2 Å². The zero-order valence-electron chi connectivity index (χ0n) is 8.27. The SMILES string of the molecule is CNCC1=CCC=C(OC(F)(F)F)C=C1. The minimum Gasteiger partial charge on any atom is -0.406 e. The van der Waals surface area contributed by atoms with E-state index in [2.05, 4.69) is 10.1 Å². The summed E-state index contributed by atoms with van der Waals surface area (Å²) in [5, 5.41) is 2.92. The molecule has 0 bridgehead atoms. The zero-order valence-corrected chi connectivity index (χ0v) is 8.27. The average Bonchev–Trinajstić information content (AvgIpc) is 2.29. The van der Waals surface area contributed by atoms with Crippen molar-refractivity contribution < 1.29 is 17.9 Å². The summed E-state index contributed by atoms with van der Waals surface area (Å²) in [7, 11) is 1.78. The highest BCUT2D eigenvalue weighted by molar-refractivity contribution is 5.30. The fraction of sp³-hybridized carbons (Fsp3) is 0.400. The molecule has 0 aromatic heterocycles. The van der Waals surface area contributed by atoms with Crippen LogP contribution in [0.25, 0.3) is 0 Å². The summed E-state index contributed by atoms with van der Waals surface area (Å²) >= 11 is 0. The highest BCUT2D eigenvalue weighted by atomic mass is 19.4. The van der Waals surface area contributed by atoms with Crippen LogP contribution in [0.1, 0.15) is 6.42 Å². The summed E-state index contributed by atoms with van der Waals surface area (Å²) in [6.45, 7) is 0.629. The van der Waals surface area contributed by atoms with E-state index >= 15 is 0 Å². The van der Waals surface area contributed by atoms with Crippen LogP contribution in [0.5, 0.6) is 0 Å². The highest BCUT2D eigenvalue weighted by Gasteiger charge is 2.31. The second-order valence-corrected chi connectivity index (χ2v) is 3.03. The van der Waals surface area contributed by atoms with Crippen molar-refractivity contribution in [1.29, 1.82) is 0 Å². The summed E-state index contributed by atoms with van der Waals surface area (Å²) in [6, 6.07) is 0. The van der Waals surface area contributed by atoms with Gasteiger partial charge in [-0.2, -0.15) is 0 Å². The lowest BCUT2D eigenvalue weighted by Gasteiger charge is -2.08. The van der Waals surface area contributed by atoms with E-state index in [1.807, 2.05) is 6.08 Å². The van der Waals surface area contributed by atoms with Gasteiger partial charge < -0.3 is 10.1 Å². The number of nitrogens with one attached hydrogen (secondary N) is 1.